The Hall–Kier alpha value is -1.70. The van der Waals surface area contributed by atoms with Gasteiger partial charge in [-0.3, -0.25) is 0 Å². The van der Waals surface area contributed by atoms with E-state index in [1.54, 1.807) is 0 Å². The molecule has 0 aliphatic heterocycles. The molecule has 0 aliphatic carbocycles. The molecule has 2 nitrogen and oxygen atoms in total. The third-order valence-electron chi connectivity index (χ3n) is 2.91. The van der Waals surface area contributed by atoms with Crippen LogP contribution in [-0.2, 0) is 13.1 Å². The maximum atomic E-state index is 3.45. The number of nitrogens with one attached hydrogen (secondary N) is 1. The molecule has 0 atom stereocenters. The quantitative estimate of drug-likeness (QED) is 0.823. The molecule has 2 aromatic rings. The Morgan fingerprint density at radius 1 is 1.12 bits per heavy atom. The third-order valence-corrected chi connectivity index (χ3v) is 2.91. The fourth-order valence-electron chi connectivity index (χ4n) is 1.93. The summed E-state index contributed by atoms with van der Waals surface area (Å²) in [6, 6.07) is 12.8. The molecule has 2 heteroatoms. The summed E-state index contributed by atoms with van der Waals surface area (Å²) < 4.78 is 2.31. The van der Waals surface area contributed by atoms with Gasteiger partial charge in [-0.1, -0.05) is 24.6 Å². The van der Waals surface area contributed by atoms with E-state index >= 15 is 0 Å². The zero-order valence-corrected chi connectivity index (χ0v) is 10.6. The van der Waals surface area contributed by atoms with E-state index in [1.165, 1.54) is 23.4 Å². The van der Waals surface area contributed by atoms with Crippen LogP contribution >= 0.6 is 0 Å². The molecule has 0 bridgehead atoms. The van der Waals surface area contributed by atoms with E-state index in [0.29, 0.717) is 0 Å². The van der Waals surface area contributed by atoms with Crippen LogP contribution in [0.5, 0.6) is 0 Å². The molecule has 1 heterocycles. The first-order valence-corrected chi connectivity index (χ1v) is 6.24. The first-order chi connectivity index (χ1) is 8.29. The number of benzene rings is 1. The maximum absolute atomic E-state index is 3.45. The van der Waals surface area contributed by atoms with Gasteiger partial charge in [-0.15, -0.1) is 0 Å². The fourth-order valence-corrected chi connectivity index (χ4v) is 1.93. The maximum Gasteiger partial charge on any atom is 0.0553 e. The first-order valence-electron chi connectivity index (χ1n) is 6.24. The summed E-state index contributed by atoms with van der Waals surface area (Å²) in [5, 5.41) is 3.45. The van der Waals surface area contributed by atoms with Gasteiger partial charge < -0.3 is 9.88 Å². The van der Waals surface area contributed by atoms with Crippen molar-refractivity contribution in [1.29, 1.82) is 0 Å². The van der Waals surface area contributed by atoms with E-state index in [-0.39, 0.29) is 0 Å². The highest BCUT2D eigenvalue weighted by Gasteiger charge is 1.99. The second-order valence-electron chi connectivity index (χ2n) is 4.41. The van der Waals surface area contributed by atoms with Crippen LogP contribution in [0.15, 0.2) is 42.6 Å². The van der Waals surface area contributed by atoms with Gasteiger partial charge in [0.25, 0.3) is 0 Å². The predicted molar refractivity (Wildman–Crippen MR) is 73.2 cm³/mol. The lowest BCUT2D eigenvalue weighted by Gasteiger charge is -2.10. The van der Waals surface area contributed by atoms with Crippen molar-refractivity contribution in [1.82, 2.24) is 4.57 Å². The summed E-state index contributed by atoms with van der Waals surface area (Å²) in [4.78, 5) is 0. The minimum Gasteiger partial charge on any atom is -0.379 e. The summed E-state index contributed by atoms with van der Waals surface area (Å²) in [5.74, 6) is 0. The molecule has 1 N–H and O–H groups in total. The normalized spacial score (nSPS) is 10.5. The van der Waals surface area contributed by atoms with E-state index in [2.05, 4.69) is 66.3 Å². The van der Waals surface area contributed by atoms with Gasteiger partial charge >= 0.3 is 0 Å². The lowest BCUT2D eigenvalue weighted by Crippen LogP contribution is -2.06. The minimum atomic E-state index is 0.885. The lowest BCUT2D eigenvalue weighted by molar-refractivity contribution is 0.654. The molecule has 0 amide bonds. The molecule has 2 rings (SSSR count). The predicted octanol–water partition coefficient (Wildman–Crippen LogP) is 3.82. The fraction of sp³-hybridized carbons (Fsp3) is 0.333. The van der Waals surface area contributed by atoms with Crippen molar-refractivity contribution in [2.24, 2.45) is 0 Å². The summed E-state index contributed by atoms with van der Waals surface area (Å²) in [6.45, 7) is 6.29. The van der Waals surface area contributed by atoms with Gasteiger partial charge in [-0.25, -0.2) is 0 Å². The number of hydrogen-bond donors (Lipinski definition) is 1. The number of nitrogens with zero attached hydrogens (tertiary/aromatic N) is 1. The second-order valence-corrected chi connectivity index (χ2v) is 4.41. The van der Waals surface area contributed by atoms with Crippen LogP contribution in [0.25, 0.3) is 0 Å². The minimum absolute atomic E-state index is 0.885. The highest BCUT2D eigenvalue weighted by molar-refractivity contribution is 5.44. The SMILES string of the molecule is CCCn1cccc1CNc1ccc(C)cc1. The van der Waals surface area contributed by atoms with Crippen molar-refractivity contribution in [3.05, 3.63) is 53.9 Å². The highest BCUT2D eigenvalue weighted by Crippen LogP contribution is 2.11. The van der Waals surface area contributed by atoms with E-state index in [9.17, 15) is 0 Å². The van der Waals surface area contributed by atoms with Gasteiger partial charge in [0.05, 0.1) is 6.54 Å². The van der Waals surface area contributed by atoms with E-state index in [1.807, 2.05) is 0 Å². The van der Waals surface area contributed by atoms with E-state index < -0.39 is 0 Å². The lowest BCUT2D eigenvalue weighted by atomic mass is 10.2. The molecular weight excluding hydrogens is 208 g/mol. The topological polar surface area (TPSA) is 17.0 Å². The van der Waals surface area contributed by atoms with Crippen molar-refractivity contribution in [3.8, 4) is 0 Å². The molecule has 0 spiro atoms. The first kappa shape index (κ1) is 11.8. The average Bonchev–Trinajstić information content (AvgIpc) is 2.77. The number of hydrogen-bond acceptors (Lipinski definition) is 1. The van der Waals surface area contributed by atoms with Gasteiger partial charge in [0.15, 0.2) is 0 Å². The summed E-state index contributed by atoms with van der Waals surface area (Å²) in [6.07, 6.45) is 3.32. The molecule has 0 fully saturated rings. The van der Waals surface area contributed by atoms with Crippen molar-refractivity contribution in [2.45, 2.75) is 33.4 Å². The van der Waals surface area contributed by atoms with E-state index in [0.717, 1.165) is 13.1 Å². The van der Waals surface area contributed by atoms with Gasteiger partial charge in [0.1, 0.15) is 0 Å². The zero-order chi connectivity index (χ0) is 12.1. The molecule has 90 valence electrons. The van der Waals surface area contributed by atoms with Crippen LogP contribution in [0, 0.1) is 6.92 Å². The Bertz CT molecular complexity index is 454. The molecule has 1 aromatic carbocycles. The molecule has 0 radical (unpaired) electrons. The third kappa shape index (κ3) is 3.13. The zero-order valence-electron chi connectivity index (χ0n) is 10.6. The van der Waals surface area contributed by atoms with Crippen LogP contribution in [0.2, 0.25) is 0 Å². The van der Waals surface area contributed by atoms with Crippen LogP contribution in [-0.4, -0.2) is 4.57 Å². The van der Waals surface area contributed by atoms with Crippen molar-refractivity contribution < 1.29 is 0 Å². The Morgan fingerprint density at radius 2 is 1.88 bits per heavy atom. The number of rotatable bonds is 5. The number of anilines is 1. The molecular formula is C15H20N2. The van der Waals surface area contributed by atoms with Crippen LogP contribution < -0.4 is 5.32 Å². The summed E-state index contributed by atoms with van der Waals surface area (Å²) in [7, 11) is 0. The Morgan fingerprint density at radius 3 is 2.59 bits per heavy atom. The van der Waals surface area contributed by atoms with Gasteiger partial charge in [-0.05, 0) is 37.6 Å². The average molecular weight is 228 g/mol. The highest BCUT2D eigenvalue weighted by atomic mass is 15.0. The van der Waals surface area contributed by atoms with Crippen molar-refractivity contribution in [2.75, 3.05) is 5.32 Å². The molecule has 0 unspecified atom stereocenters. The van der Waals surface area contributed by atoms with Crippen molar-refractivity contribution in [3.63, 3.8) is 0 Å². The van der Waals surface area contributed by atoms with Crippen molar-refractivity contribution >= 4 is 5.69 Å². The molecule has 1 aromatic heterocycles. The summed E-state index contributed by atoms with van der Waals surface area (Å²) in [5.41, 5.74) is 3.82. The smallest absolute Gasteiger partial charge is 0.0553 e. The Labute approximate surface area is 103 Å². The van der Waals surface area contributed by atoms with E-state index in [4.69, 9.17) is 0 Å². The van der Waals surface area contributed by atoms with Gasteiger partial charge in [0.2, 0.25) is 0 Å². The Balaban J connectivity index is 1.97. The second kappa shape index (κ2) is 5.58. The monoisotopic (exact) mass is 228 g/mol. The number of aryl methyl sites for hydroxylation is 2. The van der Waals surface area contributed by atoms with Crippen LogP contribution in [0.3, 0.4) is 0 Å². The molecule has 0 aliphatic rings. The molecule has 0 saturated carbocycles. The Kier molecular flexibility index (Phi) is 3.86. The molecule has 17 heavy (non-hydrogen) atoms. The largest absolute Gasteiger partial charge is 0.379 e. The number of aromatic nitrogens is 1. The summed E-state index contributed by atoms with van der Waals surface area (Å²) >= 11 is 0. The van der Waals surface area contributed by atoms with Crippen LogP contribution in [0.4, 0.5) is 5.69 Å². The molecule has 0 saturated heterocycles. The standard InChI is InChI=1S/C15H20N2/c1-3-10-17-11-4-5-15(17)12-16-14-8-6-13(2)7-9-14/h4-9,11,16H,3,10,12H2,1-2H3. The van der Waals surface area contributed by atoms with Gasteiger partial charge in [-0.2, -0.15) is 0 Å². The van der Waals surface area contributed by atoms with Gasteiger partial charge in [0, 0.05) is 24.1 Å². The van der Waals surface area contributed by atoms with Crippen LogP contribution in [0.1, 0.15) is 24.6 Å².